The minimum Gasteiger partial charge on any atom is -0.471 e. The lowest BCUT2D eigenvalue weighted by Gasteiger charge is -2.32. The summed E-state index contributed by atoms with van der Waals surface area (Å²) in [4.78, 5) is 22.9. The number of piperidine rings is 1. The van der Waals surface area contributed by atoms with Crippen LogP contribution in [0.2, 0.25) is 0 Å². The maximum Gasteiger partial charge on any atom is 0.254 e. The van der Waals surface area contributed by atoms with E-state index in [1.165, 1.54) is 0 Å². The SMILES string of the molecule is O=C(c1ccc2ccccc2c1)N1CCCC(Oc2cnccn2)C1. The second-order valence-corrected chi connectivity index (χ2v) is 6.24. The van der Waals surface area contributed by atoms with Gasteiger partial charge >= 0.3 is 0 Å². The predicted octanol–water partition coefficient (Wildman–Crippen LogP) is 3.31. The Balaban J connectivity index is 1.49. The van der Waals surface area contributed by atoms with Crippen molar-refractivity contribution in [1.82, 2.24) is 14.9 Å². The zero-order chi connectivity index (χ0) is 17.1. The molecule has 2 heterocycles. The molecular formula is C20H19N3O2. The second kappa shape index (κ2) is 6.89. The number of amides is 1. The van der Waals surface area contributed by atoms with Gasteiger partial charge in [0.15, 0.2) is 0 Å². The van der Waals surface area contributed by atoms with E-state index in [0.29, 0.717) is 12.4 Å². The number of hydrogen-bond donors (Lipinski definition) is 0. The number of nitrogens with zero attached hydrogens (tertiary/aromatic N) is 3. The fraction of sp³-hybridized carbons (Fsp3) is 0.250. The predicted molar refractivity (Wildman–Crippen MR) is 95.5 cm³/mol. The number of fused-ring (bicyclic) bond motifs is 1. The van der Waals surface area contributed by atoms with Crippen molar-refractivity contribution in [3.05, 3.63) is 66.6 Å². The molecule has 0 radical (unpaired) electrons. The monoisotopic (exact) mass is 333 g/mol. The molecule has 5 heteroatoms. The summed E-state index contributed by atoms with van der Waals surface area (Å²) >= 11 is 0. The minimum absolute atomic E-state index is 0.0464. The Hall–Kier alpha value is -2.95. The number of ether oxygens (including phenoxy) is 1. The first kappa shape index (κ1) is 15.6. The average molecular weight is 333 g/mol. The number of aromatic nitrogens is 2. The van der Waals surface area contributed by atoms with Gasteiger partial charge in [-0.3, -0.25) is 9.78 Å². The maximum absolute atomic E-state index is 12.9. The Kier molecular flexibility index (Phi) is 4.29. The van der Waals surface area contributed by atoms with Gasteiger partial charge in [0.25, 0.3) is 5.91 Å². The van der Waals surface area contributed by atoms with Crippen LogP contribution in [0.1, 0.15) is 23.2 Å². The van der Waals surface area contributed by atoms with Crippen LogP contribution in [0.5, 0.6) is 5.88 Å². The summed E-state index contributed by atoms with van der Waals surface area (Å²) in [6.07, 6.45) is 6.61. The quantitative estimate of drug-likeness (QED) is 0.738. The summed E-state index contributed by atoms with van der Waals surface area (Å²) in [5.74, 6) is 0.561. The van der Waals surface area contributed by atoms with Crippen LogP contribution in [-0.4, -0.2) is 40.0 Å². The van der Waals surface area contributed by atoms with Gasteiger partial charge in [0.05, 0.1) is 12.7 Å². The Morgan fingerprint density at radius 3 is 2.84 bits per heavy atom. The molecule has 25 heavy (non-hydrogen) atoms. The largest absolute Gasteiger partial charge is 0.471 e. The fourth-order valence-corrected chi connectivity index (χ4v) is 3.24. The van der Waals surface area contributed by atoms with Crippen molar-refractivity contribution in [3.63, 3.8) is 0 Å². The highest BCUT2D eigenvalue weighted by atomic mass is 16.5. The molecule has 4 rings (SSSR count). The molecule has 5 nitrogen and oxygen atoms in total. The lowest BCUT2D eigenvalue weighted by Crippen LogP contribution is -2.44. The van der Waals surface area contributed by atoms with E-state index in [9.17, 15) is 4.79 Å². The zero-order valence-corrected chi connectivity index (χ0v) is 13.8. The first-order valence-corrected chi connectivity index (χ1v) is 8.50. The van der Waals surface area contributed by atoms with Gasteiger partial charge in [0.2, 0.25) is 5.88 Å². The molecule has 1 aliphatic rings. The molecule has 1 amide bonds. The van der Waals surface area contributed by atoms with E-state index < -0.39 is 0 Å². The zero-order valence-electron chi connectivity index (χ0n) is 13.8. The van der Waals surface area contributed by atoms with Gasteiger partial charge < -0.3 is 9.64 Å². The minimum atomic E-state index is -0.0464. The molecule has 1 fully saturated rings. The fourth-order valence-electron chi connectivity index (χ4n) is 3.24. The van der Waals surface area contributed by atoms with Gasteiger partial charge in [-0.1, -0.05) is 30.3 Å². The molecule has 1 atom stereocenters. The van der Waals surface area contributed by atoms with Crippen LogP contribution in [0.3, 0.4) is 0 Å². The van der Waals surface area contributed by atoms with Crippen LogP contribution in [-0.2, 0) is 0 Å². The summed E-state index contributed by atoms with van der Waals surface area (Å²) in [5.41, 5.74) is 0.721. The molecular weight excluding hydrogens is 314 g/mol. The summed E-state index contributed by atoms with van der Waals surface area (Å²) in [6, 6.07) is 13.9. The van der Waals surface area contributed by atoms with E-state index in [0.717, 1.165) is 35.7 Å². The van der Waals surface area contributed by atoms with E-state index in [-0.39, 0.29) is 12.0 Å². The van der Waals surface area contributed by atoms with Crippen LogP contribution in [0.15, 0.2) is 61.1 Å². The molecule has 0 bridgehead atoms. The number of likely N-dealkylation sites (tertiary alicyclic amines) is 1. The highest BCUT2D eigenvalue weighted by Gasteiger charge is 2.26. The molecule has 0 aliphatic carbocycles. The van der Waals surface area contributed by atoms with Crippen molar-refractivity contribution < 1.29 is 9.53 Å². The van der Waals surface area contributed by atoms with Crippen LogP contribution in [0.4, 0.5) is 0 Å². The summed E-state index contributed by atoms with van der Waals surface area (Å²) in [5, 5.41) is 2.22. The number of hydrogen-bond acceptors (Lipinski definition) is 4. The lowest BCUT2D eigenvalue weighted by molar-refractivity contribution is 0.0527. The molecule has 1 aliphatic heterocycles. The number of benzene rings is 2. The van der Waals surface area contributed by atoms with Crippen molar-refractivity contribution in [3.8, 4) is 5.88 Å². The number of carbonyl (C=O) groups is 1. The summed E-state index contributed by atoms with van der Waals surface area (Å²) in [6.45, 7) is 1.33. The molecule has 3 aromatic rings. The summed E-state index contributed by atoms with van der Waals surface area (Å²) in [7, 11) is 0. The second-order valence-electron chi connectivity index (χ2n) is 6.24. The average Bonchev–Trinajstić information content (AvgIpc) is 2.68. The van der Waals surface area contributed by atoms with Gasteiger partial charge in [-0.25, -0.2) is 4.98 Å². The standard InChI is InChI=1S/C20H19N3O2/c24-20(17-8-7-15-4-1-2-5-16(15)12-17)23-11-3-6-18(14-23)25-19-13-21-9-10-22-19/h1-2,4-5,7-10,12-13,18H,3,6,11,14H2. The van der Waals surface area contributed by atoms with Gasteiger partial charge in [-0.2, -0.15) is 0 Å². The number of carbonyl (C=O) groups excluding carboxylic acids is 1. The highest BCUT2D eigenvalue weighted by Crippen LogP contribution is 2.20. The Morgan fingerprint density at radius 2 is 2.00 bits per heavy atom. The van der Waals surface area contributed by atoms with Crippen molar-refractivity contribution in [2.75, 3.05) is 13.1 Å². The van der Waals surface area contributed by atoms with E-state index in [1.54, 1.807) is 18.6 Å². The van der Waals surface area contributed by atoms with Crippen molar-refractivity contribution in [2.45, 2.75) is 18.9 Å². The molecule has 1 saturated heterocycles. The molecule has 0 N–H and O–H groups in total. The third kappa shape index (κ3) is 3.45. The van der Waals surface area contributed by atoms with Crippen LogP contribution in [0.25, 0.3) is 10.8 Å². The van der Waals surface area contributed by atoms with Crippen molar-refractivity contribution >= 4 is 16.7 Å². The highest BCUT2D eigenvalue weighted by molar-refractivity contribution is 5.98. The molecule has 126 valence electrons. The van der Waals surface area contributed by atoms with Crippen molar-refractivity contribution in [1.29, 1.82) is 0 Å². The number of rotatable bonds is 3. The third-order valence-corrected chi connectivity index (χ3v) is 4.49. The van der Waals surface area contributed by atoms with Crippen molar-refractivity contribution in [2.24, 2.45) is 0 Å². The first-order valence-electron chi connectivity index (χ1n) is 8.50. The Morgan fingerprint density at radius 1 is 1.12 bits per heavy atom. The van der Waals surface area contributed by atoms with E-state index in [2.05, 4.69) is 16.0 Å². The van der Waals surface area contributed by atoms with Gasteiger partial charge in [0.1, 0.15) is 6.10 Å². The molecule has 1 aromatic heterocycles. The van der Waals surface area contributed by atoms with Gasteiger partial charge in [-0.15, -0.1) is 0 Å². The van der Waals surface area contributed by atoms with Crippen LogP contribution in [0, 0.1) is 0 Å². The van der Waals surface area contributed by atoms with E-state index in [1.807, 2.05) is 41.3 Å². The topological polar surface area (TPSA) is 55.3 Å². The summed E-state index contributed by atoms with van der Waals surface area (Å²) < 4.78 is 5.87. The smallest absolute Gasteiger partial charge is 0.254 e. The Bertz CT molecular complexity index is 882. The maximum atomic E-state index is 12.9. The lowest BCUT2D eigenvalue weighted by atomic mass is 10.0. The molecule has 0 spiro atoms. The van der Waals surface area contributed by atoms with Gasteiger partial charge in [0, 0.05) is 24.5 Å². The van der Waals surface area contributed by atoms with Crippen LogP contribution >= 0.6 is 0 Å². The Labute approximate surface area is 146 Å². The van der Waals surface area contributed by atoms with E-state index in [4.69, 9.17) is 4.74 Å². The molecule has 2 aromatic carbocycles. The van der Waals surface area contributed by atoms with Gasteiger partial charge in [-0.05, 0) is 35.7 Å². The van der Waals surface area contributed by atoms with E-state index >= 15 is 0 Å². The van der Waals surface area contributed by atoms with Crippen LogP contribution < -0.4 is 4.74 Å². The third-order valence-electron chi connectivity index (χ3n) is 4.49. The molecule has 0 saturated carbocycles. The molecule has 1 unspecified atom stereocenters. The first-order chi connectivity index (χ1) is 12.3. The normalized spacial score (nSPS) is 17.4.